The van der Waals surface area contributed by atoms with E-state index in [1.807, 2.05) is 71.9 Å². The summed E-state index contributed by atoms with van der Waals surface area (Å²) in [5.41, 5.74) is 2.77. The van der Waals surface area contributed by atoms with Crippen LogP contribution in [0.4, 0.5) is 4.39 Å². The first kappa shape index (κ1) is 21.2. The monoisotopic (exact) mass is 287 g/mol. The predicted molar refractivity (Wildman–Crippen MR) is 89.7 cm³/mol. The maximum atomic E-state index is 12.2. The van der Waals surface area contributed by atoms with Gasteiger partial charge in [-0.05, 0) is 43.2 Å². The first-order chi connectivity index (χ1) is 10.1. The summed E-state index contributed by atoms with van der Waals surface area (Å²) in [6.07, 6.45) is 0. The smallest absolute Gasteiger partial charge is 0.123 e. The molecule has 114 valence electrons. The van der Waals surface area contributed by atoms with Gasteiger partial charge in [0.2, 0.25) is 0 Å². The van der Waals surface area contributed by atoms with Gasteiger partial charge >= 0.3 is 0 Å². The topological polar surface area (TPSA) is 23.8 Å². The molecular formula is C19H26FN. The van der Waals surface area contributed by atoms with Gasteiger partial charge in [-0.1, -0.05) is 58.0 Å². The number of rotatable bonds is 0. The molecule has 2 aromatic carbocycles. The molecular weight excluding hydrogens is 261 g/mol. The number of benzene rings is 2. The number of halogens is 1. The van der Waals surface area contributed by atoms with Gasteiger partial charge in [-0.3, -0.25) is 0 Å². The maximum absolute atomic E-state index is 12.2. The molecule has 0 aliphatic heterocycles. The Hall–Kier alpha value is -2.14. The number of nitriles is 1. The molecule has 0 radical (unpaired) electrons. The molecule has 0 aliphatic carbocycles. The van der Waals surface area contributed by atoms with E-state index in [1.165, 1.54) is 12.1 Å². The van der Waals surface area contributed by atoms with E-state index in [0.29, 0.717) is 0 Å². The van der Waals surface area contributed by atoms with Gasteiger partial charge < -0.3 is 0 Å². The van der Waals surface area contributed by atoms with Crippen molar-refractivity contribution in [3.63, 3.8) is 0 Å². The zero-order valence-corrected chi connectivity index (χ0v) is 13.9. The number of aryl methyl sites for hydroxylation is 2. The van der Waals surface area contributed by atoms with Crippen LogP contribution in [0.25, 0.3) is 0 Å². The van der Waals surface area contributed by atoms with E-state index in [9.17, 15) is 4.39 Å². The Labute approximate surface area is 129 Å². The average Bonchev–Trinajstić information content (AvgIpc) is 2.52. The third-order valence-electron chi connectivity index (χ3n) is 2.25. The van der Waals surface area contributed by atoms with E-state index in [2.05, 4.69) is 6.07 Å². The molecule has 0 fully saturated rings. The molecule has 1 nitrogen and oxygen atoms in total. The zero-order valence-electron chi connectivity index (χ0n) is 13.9. The molecule has 2 heteroatoms. The lowest BCUT2D eigenvalue weighted by atomic mass is 10.1. The summed E-state index contributed by atoms with van der Waals surface area (Å²) in [5.74, 6) is -0.162. The second kappa shape index (κ2) is 14.3. The summed E-state index contributed by atoms with van der Waals surface area (Å²) >= 11 is 0. The number of nitrogens with zero attached hydrogens (tertiary/aromatic N) is 1. The normalized spacial score (nSPS) is 7.71. The van der Waals surface area contributed by atoms with Gasteiger partial charge in [0.25, 0.3) is 0 Å². The summed E-state index contributed by atoms with van der Waals surface area (Å²) < 4.78 is 12.2. The molecule has 0 saturated heterocycles. The number of hydrogen-bond donors (Lipinski definition) is 0. The van der Waals surface area contributed by atoms with Gasteiger partial charge in [-0.2, -0.15) is 5.26 Å². The highest BCUT2D eigenvalue weighted by atomic mass is 19.1. The lowest BCUT2D eigenvalue weighted by Crippen LogP contribution is -1.77. The van der Waals surface area contributed by atoms with Crippen molar-refractivity contribution in [3.8, 4) is 6.07 Å². The lowest BCUT2D eigenvalue weighted by Gasteiger charge is -1.90. The van der Waals surface area contributed by atoms with Crippen molar-refractivity contribution in [1.29, 1.82) is 5.26 Å². The molecule has 0 atom stereocenters. The first-order valence-corrected chi connectivity index (χ1v) is 7.31. The average molecular weight is 287 g/mol. The summed E-state index contributed by atoms with van der Waals surface area (Å²) in [5, 5.41) is 8.47. The third kappa shape index (κ3) is 10.3. The Morgan fingerprint density at radius 3 is 1.76 bits per heavy atom. The van der Waals surface area contributed by atoms with E-state index in [4.69, 9.17) is 5.26 Å². The highest BCUT2D eigenvalue weighted by molar-refractivity contribution is 5.35. The van der Waals surface area contributed by atoms with E-state index in [0.717, 1.165) is 16.7 Å². The van der Waals surface area contributed by atoms with Crippen molar-refractivity contribution in [2.75, 3.05) is 0 Å². The fourth-order valence-corrected chi connectivity index (χ4v) is 1.30. The van der Waals surface area contributed by atoms with Crippen LogP contribution in [0.3, 0.4) is 0 Å². The minimum absolute atomic E-state index is 0.162. The van der Waals surface area contributed by atoms with Crippen LogP contribution in [-0.4, -0.2) is 0 Å². The second-order valence-corrected chi connectivity index (χ2v) is 3.73. The van der Waals surface area contributed by atoms with Gasteiger partial charge in [0.15, 0.2) is 0 Å². The van der Waals surface area contributed by atoms with Crippen molar-refractivity contribution in [1.82, 2.24) is 0 Å². The number of hydrogen-bond acceptors (Lipinski definition) is 1. The van der Waals surface area contributed by atoms with Crippen LogP contribution >= 0.6 is 0 Å². The van der Waals surface area contributed by atoms with Gasteiger partial charge in [-0.15, -0.1) is 0 Å². The first-order valence-electron chi connectivity index (χ1n) is 7.31. The molecule has 0 N–H and O–H groups in total. The van der Waals surface area contributed by atoms with Gasteiger partial charge in [-0.25, -0.2) is 4.39 Å². The van der Waals surface area contributed by atoms with Gasteiger partial charge in [0.1, 0.15) is 5.82 Å². The fraction of sp³-hybridized carbons (Fsp3) is 0.316. The molecule has 0 heterocycles. The van der Waals surface area contributed by atoms with Crippen LogP contribution in [0.2, 0.25) is 0 Å². The molecule has 0 aromatic heterocycles. The van der Waals surface area contributed by atoms with Crippen molar-refractivity contribution in [2.24, 2.45) is 0 Å². The predicted octanol–water partition coefficient (Wildman–Crippen LogP) is 6.05. The second-order valence-electron chi connectivity index (χ2n) is 3.73. The van der Waals surface area contributed by atoms with Crippen LogP contribution in [0, 0.1) is 31.0 Å². The Bertz CT molecular complexity index is 510. The van der Waals surface area contributed by atoms with Gasteiger partial charge in [0, 0.05) is 0 Å². The van der Waals surface area contributed by atoms with Crippen molar-refractivity contribution in [2.45, 2.75) is 41.5 Å². The summed E-state index contributed by atoms with van der Waals surface area (Å²) in [6, 6.07) is 16.1. The molecule has 2 rings (SSSR count). The third-order valence-corrected chi connectivity index (χ3v) is 2.25. The lowest BCUT2D eigenvalue weighted by molar-refractivity contribution is 0.626. The van der Waals surface area contributed by atoms with Gasteiger partial charge in [0.05, 0.1) is 11.6 Å². The Morgan fingerprint density at radius 2 is 1.43 bits per heavy atom. The Balaban J connectivity index is 0. The molecule has 0 aliphatic rings. The summed E-state index contributed by atoms with van der Waals surface area (Å²) in [6.45, 7) is 11.8. The summed E-state index contributed by atoms with van der Waals surface area (Å²) in [7, 11) is 0. The van der Waals surface area contributed by atoms with Crippen molar-refractivity contribution < 1.29 is 4.39 Å². The molecule has 0 amide bonds. The fourth-order valence-electron chi connectivity index (χ4n) is 1.30. The molecule has 2 aromatic rings. The highest BCUT2D eigenvalue weighted by Gasteiger charge is 1.90. The SMILES string of the molecule is CC.CC.Cc1cccc(F)c1.Cc1ccccc1C#N. The van der Waals surface area contributed by atoms with Crippen molar-refractivity contribution >= 4 is 0 Å². The molecule has 0 spiro atoms. The molecule has 0 bridgehead atoms. The molecule has 21 heavy (non-hydrogen) atoms. The molecule has 0 saturated carbocycles. The largest absolute Gasteiger partial charge is 0.207 e. The highest BCUT2D eigenvalue weighted by Crippen LogP contribution is 2.03. The molecule has 0 unspecified atom stereocenters. The Morgan fingerprint density at radius 1 is 0.857 bits per heavy atom. The van der Waals surface area contributed by atoms with Crippen LogP contribution in [0.1, 0.15) is 44.4 Å². The van der Waals surface area contributed by atoms with E-state index in [1.54, 1.807) is 6.07 Å². The standard InChI is InChI=1S/C8H7N.C7H7F.2C2H6/c1-7-4-2-3-5-8(7)6-9;1-6-3-2-4-7(8)5-6;2*1-2/h2-5H,1H3;2-5H,1H3;2*1-2H3. The van der Waals surface area contributed by atoms with Crippen molar-refractivity contribution in [3.05, 3.63) is 71.0 Å². The van der Waals surface area contributed by atoms with Crippen LogP contribution < -0.4 is 0 Å². The van der Waals surface area contributed by atoms with E-state index >= 15 is 0 Å². The van der Waals surface area contributed by atoms with Crippen LogP contribution in [-0.2, 0) is 0 Å². The minimum atomic E-state index is -0.162. The van der Waals surface area contributed by atoms with Crippen LogP contribution in [0.15, 0.2) is 48.5 Å². The quantitative estimate of drug-likeness (QED) is 0.578. The zero-order chi connectivity index (χ0) is 16.7. The van der Waals surface area contributed by atoms with E-state index < -0.39 is 0 Å². The minimum Gasteiger partial charge on any atom is -0.207 e. The Kier molecular flexibility index (Phi) is 14.4. The van der Waals surface area contributed by atoms with Crippen LogP contribution in [0.5, 0.6) is 0 Å². The summed E-state index contributed by atoms with van der Waals surface area (Å²) in [4.78, 5) is 0. The van der Waals surface area contributed by atoms with E-state index in [-0.39, 0.29) is 5.82 Å². The maximum Gasteiger partial charge on any atom is 0.123 e.